The number of aromatic nitrogens is 5. The second kappa shape index (κ2) is 14.7. The van der Waals surface area contributed by atoms with Crippen LogP contribution in [-0.4, -0.2) is 24.1 Å². The van der Waals surface area contributed by atoms with Crippen LogP contribution in [0.2, 0.25) is 0 Å². The zero-order valence-corrected chi connectivity index (χ0v) is 36.0. The van der Waals surface area contributed by atoms with Gasteiger partial charge in [0.15, 0.2) is 5.82 Å². The van der Waals surface area contributed by atoms with E-state index in [4.69, 9.17) is 14.4 Å². The Labute approximate surface area is 384 Å². The molecule has 0 unspecified atom stereocenters. The number of nitrogens with zero attached hydrogens (tertiary/aromatic N) is 5. The van der Waals surface area contributed by atoms with E-state index in [1.54, 1.807) is 6.20 Å². The van der Waals surface area contributed by atoms with Gasteiger partial charge in [-0.25, -0.2) is 9.97 Å². The number of furan rings is 1. The topological polar surface area (TPSA) is 61.7 Å². The van der Waals surface area contributed by atoms with Crippen LogP contribution in [-0.2, 0) is 0 Å². The molecule has 0 aliphatic rings. The highest BCUT2D eigenvalue weighted by Gasteiger charge is 2.19. The largest absolute Gasteiger partial charge is 0.456 e. The van der Waals surface area contributed by atoms with Crippen LogP contribution in [0.5, 0.6) is 0 Å². The summed E-state index contributed by atoms with van der Waals surface area (Å²) < 4.78 is 10.8. The normalized spacial score (nSPS) is 11.9. The summed E-state index contributed by atoms with van der Waals surface area (Å²) in [5.41, 5.74) is 14.9. The predicted octanol–water partition coefficient (Wildman–Crippen LogP) is 15.8. The van der Waals surface area contributed by atoms with Gasteiger partial charge in [-0.05, 0) is 106 Å². The molecule has 0 bridgehead atoms. The number of para-hydroxylation sites is 2. The maximum Gasteiger partial charge on any atom is 0.162 e. The van der Waals surface area contributed by atoms with Crippen molar-refractivity contribution in [3.63, 3.8) is 0 Å². The highest BCUT2D eigenvalue weighted by atomic mass is 16.3. The van der Waals surface area contributed by atoms with Crippen LogP contribution in [0.1, 0.15) is 0 Å². The molecule has 9 aromatic carbocycles. The van der Waals surface area contributed by atoms with E-state index >= 15 is 0 Å². The fourth-order valence-electron chi connectivity index (χ4n) is 10.2. The molecule has 0 spiro atoms. The molecular weight excluding hydrogens is 819 g/mol. The van der Waals surface area contributed by atoms with Crippen LogP contribution in [0.15, 0.2) is 229 Å². The molecule has 14 rings (SSSR count). The van der Waals surface area contributed by atoms with Crippen molar-refractivity contribution >= 4 is 76.3 Å². The quantitative estimate of drug-likeness (QED) is 0.167. The average Bonchev–Trinajstić information content (AvgIpc) is 4.06. The van der Waals surface area contributed by atoms with Crippen molar-refractivity contribution in [3.8, 4) is 56.4 Å². The summed E-state index contributed by atoms with van der Waals surface area (Å²) >= 11 is 0. The lowest BCUT2D eigenvalue weighted by Crippen LogP contribution is -2.02. The zero-order chi connectivity index (χ0) is 44.0. The standard InChI is InChI=1S/C61H37N5O/c1-3-11-38(12-4-1)53-36-60(64-61(63-53)39-13-5-2-6-14-39)66-55-18-10-8-16-48(55)50-34-45(24-27-57(50)66)43-22-20-40-31-42(21-19-41(40)32-43)44-23-26-56-49(33-44)47-15-7-9-17-54(47)65(56)46-25-28-58-51(35-46)52-37-62-30-29-59(52)67-58/h1-37H. The van der Waals surface area contributed by atoms with Crippen molar-refractivity contribution in [3.05, 3.63) is 225 Å². The van der Waals surface area contributed by atoms with E-state index in [-0.39, 0.29) is 0 Å². The van der Waals surface area contributed by atoms with Crippen LogP contribution in [0, 0.1) is 0 Å². The third-order valence-corrected chi connectivity index (χ3v) is 13.4. The number of rotatable bonds is 6. The number of fused-ring (bicyclic) bond motifs is 10. The number of hydrogen-bond donors (Lipinski definition) is 0. The fourth-order valence-corrected chi connectivity index (χ4v) is 10.2. The zero-order valence-electron chi connectivity index (χ0n) is 36.0. The number of benzene rings is 9. The van der Waals surface area contributed by atoms with Gasteiger partial charge in [0.1, 0.15) is 17.0 Å². The van der Waals surface area contributed by atoms with E-state index in [2.05, 4.69) is 196 Å². The van der Waals surface area contributed by atoms with Crippen molar-refractivity contribution in [2.45, 2.75) is 0 Å². The summed E-state index contributed by atoms with van der Waals surface area (Å²) in [5, 5.41) is 9.26. The van der Waals surface area contributed by atoms with E-state index in [0.717, 1.165) is 77.9 Å². The molecule has 14 aromatic rings. The van der Waals surface area contributed by atoms with Gasteiger partial charge in [-0.1, -0.05) is 133 Å². The SMILES string of the molecule is c1ccc(-c2cc(-n3c4ccccc4c4cc(-c5ccc6cc(-c7ccc8c(c7)c7ccccc7n8-c7ccc8oc9ccncc9c8c7)ccc6c5)ccc43)nc(-c3ccccc3)n2)cc1. The number of hydrogen-bond acceptors (Lipinski definition) is 4. The second-order valence-corrected chi connectivity index (χ2v) is 17.3. The number of pyridine rings is 1. The summed E-state index contributed by atoms with van der Waals surface area (Å²) in [5.74, 6) is 1.52. The fraction of sp³-hybridized carbons (Fsp3) is 0. The lowest BCUT2D eigenvalue weighted by atomic mass is 9.96. The van der Waals surface area contributed by atoms with Gasteiger partial charge in [0.2, 0.25) is 0 Å². The van der Waals surface area contributed by atoms with Crippen molar-refractivity contribution < 1.29 is 4.42 Å². The lowest BCUT2D eigenvalue weighted by molar-refractivity contribution is 0.668. The van der Waals surface area contributed by atoms with Crippen LogP contribution in [0.25, 0.3) is 133 Å². The smallest absolute Gasteiger partial charge is 0.162 e. The first-order chi connectivity index (χ1) is 33.2. The lowest BCUT2D eigenvalue weighted by Gasteiger charge is -2.12. The Bertz CT molecular complexity index is 4220. The van der Waals surface area contributed by atoms with E-state index in [1.165, 1.54) is 49.0 Å². The summed E-state index contributed by atoms with van der Waals surface area (Å²) in [6.07, 6.45) is 3.66. The molecule has 0 amide bonds. The summed E-state index contributed by atoms with van der Waals surface area (Å²) in [6, 6.07) is 75.7. The molecule has 67 heavy (non-hydrogen) atoms. The third-order valence-electron chi connectivity index (χ3n) is 13.4. The van der Waals surface area contributed by atoms with Gasteiger partial charge in [0.05, 0.1) is 27.8 Å². The minimum atomic E-state index is 0.694. The van der Waals surface area contributed by atoms with Crippen molar-refractivity contribution in [2.75, 3.05) is 0 Å². The Hall–Kier alpha value is -9.13. The molecule has 0 aliphatic carbocycles. The third kappa shape index (κ3) is 6.00. The molecule has 0 fully saturated rings. The Morgan fingerprint density at radius 3 is 1.58 bits per heavy atom. The predicted molar refractivity (Wildman–Crippen MR) is 275 cm³/mol. The summed E-state index contributed by atoms with van der Waals surface area (Å²) in [4.78, 5) is 14.7. The highest BCUT2D eigenvalue weighted by Crippen LogP contribution is 2.40. The van der Waals surface area contributed by atoms with Crippen LogP contribution in [0.4, 0.5) is 0 Å². The molecule has 0 atom stereocenters. The van der Waals surface area contributed by atoms with Gasteiger partial charge in [0, 0.05) is 67.6 Å². The Balaban J connectivity index is 0.837. The molecule has 0 saturated heterocycles. The molecule has 0 saturated carbocycles. The summed E-state index contributed by atoms with van der Waals surface area (Å²) in [6.45, 7) is 0. The Morgan fingerprint density at radius 1 is 0.343 bits per heavy atom. The molecule has 6 heteroatoms. The van der Waals surface area contributed by atoms with Gasteiger partial charge >= 0.3 is 0 Å². The molecule has 5 heterocycles. The maximum atomic E-state index is 6.14. The molecule has 0 aliphatic heterocycles. The first-order valence-electron chi connectivity index (χ1n) is 22.6. The minimum absolute atomic E-state index is 0.694. The highest BCUT2D eigenvalue weighted by molar-refractivity contribution is 6.13. The maximum absolute atomic E-state index is 6.14. The molecule has 6 nitrogen and oxygen atoms in total. The van der Waals surface area contributed by atoms with Crippen molar-refractivity contribution in [1.82, 2.24) is 24.1 Å². The average molecular weight is 856 g/mol. The second-order valence-electron chi connectivity index (χ2n) is 17.3. The Kier molecular flexibility index (Phi) is 8.18. The van der Waals surface area contributed by atoms with E-state index in [1.807, 2.05) is 36.5 Å². The van der Waals surface area contributed by atoms with Gasteiger partial charge in [-0.15, -0.1) is 0 Å². The van der Waals surface area contributed by atoms with E-state index in [0.29, 0.717) is 5.82 Å². The molecule has 312 valence electrons. The van der Waals surface area contributed by atoms with Gasteiger partial charge < -0.3 is 8.98 Å². The monoisotopic (exact) mass is 855 g/mol. The van der Waals surface area contributed by atoms with Gasteiger partial charge in [-0.2, -0.15) is 0 Å². The van der Waals surface area contributed by atoms with Gasteiger partial charge in [0.25, 0.3) is 0 Å². The molecule has 0 N–H and O–H groups in total. The molecule has 5 aromatic heterocycles. The summed E-state index contributed by atoms with van der Waals surface area (Å²) in [7, 11) is 0. The van der Waals surface area contributed by atoms with Crippen molar-refractivity contribution in [1.29, 1.82) is 0 Å². The van der Waals surface area contributed by atoms with Crippen LogP contribution < -0.4 is 0 Å². The van der Waals surface area contributed by atoms with Crippen LogP contribution in [0.3, 0.4) is 0 Å². The Morgan fingerprint density at radius 2 is 0.896 bits per heavy atom. The first kappa shape index (κ1) is 37.3. The first-order valence-corrected chi connectivity index (χ1v) is 22.6. The van der Waals surface area contributed by atoms with Crippen molar-refractivity contribution in [2.24, 2.45) is 0 Å². The van der Waals surface area contributed by atoms with E-state index < -0.39 is 0 Å². The minimum Gasteiger partial charge on any atom is -0.456 e. The molecule has 0 radical (unpaired) electrons. The van der Waals surface area contributed by atoms with E-state index in [9.17, 15) is 0 Å². The van der Waals surface area contributed by atoms with Gasteiger partial charge in [-0.3, -0.25) is 9.55 Å². The molecular formula is C61H37N5O. The van der Waals surface area contributed by atoms with Crippen LogP contribution >= 0.6 is 0 Å².